The maximum absolute atomic E-state index is 9.59. The summed E-state index contributed by atoms with van der Waals surface area (Å²) >= 11 is 0. The van der Waals surface area contributed by atoms with Gasteiger partial charge in [-0.25, -0.2) is 4.68 Å². The molecule has 0 aromatic carbocycles. The van der Waals surface area contributed by atoms with Crippen molar-refractivity contribution in [2.24, 2.45) is 0 Å². The number of hydrogen-bond acceptors (Lipinski definition) is 5. The molecular weight excluding hydrogens is 207 g/mol. The van der Waals surface area contributed by atoms with Crippen LogP contribution in [0.15, 0.2) is 11.9 Å². The zero-order valence-electron chi connectivity index (χ0n) is 7.26. The van der Waals surface area contributed by atoms with Crippen LogP contribution < -0.4 is 0 Å². The van der Waals surface area contributed by atoms with Crippen LogP contribution in [-0.4, -0.2) is 50.0 Å². The summed E-state index contributed by atoms with van der Waals surface area (Å²) in [7, 11) is 0.910. The molecule has 1 aromatic heterocycles. The van der Waals surface area contributed by atoms with E-state index in [1.165, 1.54) is 4.68 Å². The Bertz CT molecular complexity index is 294. The predicted octanol–water partition coefficient (Wildman–Crippen LogP) is -0.925. The monoisotopic (exact) mass is 218 g/mol. The summed E-state index contributed by atoms with van der Waals surface area (Å²) in [5.74, 6) is 3.37. The Morgan fingerprint density at radius 2 is 2.21 bits per heavy atom. The number of ether oxygens (including phenoxy) is 1. The number of aromatic nitrogens is 2. The Labute approximate surface area is 81.9 Å². The van der Waals surface area contributed by atoms with Crippen LogP contribution in [0.1, 0.15) is 6.23 Å². The Hall–Kier alpha value is -0.520. The topological polar surface area (TPSA) is 87.7 Å². The molecule has 3 N–H and O–H groups in total. The van der Waals surface area contributed by atoms with Crippen LogP contribution in [0.3, 0.4) is 0 Å². The number of aliphatic hydroxyl groups is 3. The summed E-state index contributed by atoms with van der Waals surface area (Å²) in [6.45, 7) is -0.315. The van der Waals surface area contributed by atoms with Gasteiger partial charge in [-0.05, 0) is 8.19 Å². The van der Waals surface area contributed by atoms with Gasteiger partial charge in [-0.15, -0.1) is 0 Å². The Morgan fingerprint density at radius 3 is 2.71 bits per heavy atom. The first kappa shape index (κ1) is 10.0. The lowest BCUT2D eigenvalue weighted by molar-refractivity contribution is -0.0584. The quantitative estimate of drug-likeness (QED) is 0.597. The highest BCUT2D eigenvalue weighted by molar-refractivity contribution is 7.27. The predicted molar refractivity (Wildman–Crippen MR) is 47.7 cm³/mol. The molecule has 0 aliphatic carbocycles. The molecule has 78 valence electrons. The van der Waals surface area contributed by atoms with Crippen molar-refractivity contribution < 1.29 is 20.1 Å². The summed E-state index contributed by atoms with van der Waals surface area (Å²) in [4.78, 5) is 0. The molecule has 2 rings (SSSR count). The lowest BCUT2D eigenvalue weighted by Gasteiger charge is -2.14. The van der Waals surface area contributed by atoms with Crippen molar-refractivity contribution >= 4 is 8.19 Å². The van der Waals surface area contributed by atoms with Gasteiger partial charge >= 0.3 is 0 Å². The Balaban J connectivity index is 2.16. The molecule has 0 radical (unpaired) electrons. The first-order valence-corrected chi connectivity index (χ1v) is 5.24. The first-order valence-electron chi connectivity index (χ1n) is 4.20. The molecule has 7 heteroatoms. The molecule has 1 fully saturated rings. The fourth-order valence-corrected chi connectivity index (χ4v) is 2.01. The van der Waals surface area contributed by atoms with E-state index in [2.05, 4.69) is 5.10 Å². The molecule has 2 heterocycles. The number of hydrogen-bond donors (Lipinski definition) is 3. The van der Waals surface area contributed by atoms with E-state index in [-0.39, 0.29) is 6.61 Å². The highest BCUT2D eigenvalue weighted by atomic mass is 31.0. The van der Waals surface area contributed by atoms with Crippen molar-refractivity contribution in [3.8, 4) is 0 Å². The molecule has 4 atom stereocenters. The SMILES string of the molecule is OC[C@H]1O[C@H](n2cpcn2)[C@H](O)[C@@H]1O. The molecule has 6 nitrogen and oxygen atoms in total. The molecule has 0 spiro atoms. The van der Waals surface area contributed by atoms with E-state index in [0.717, 1.165) is 8.19 Å². The smallest absolute Gasteiger partial charge is 0.179 e. The molecule has 1 aliphatic rings. The normalized spacial score (nSPS) is 38.2. The second-order valence-corrected chi connectivity index (χ2v) is 3.86. The zero-order valence-corrected chi connectivity index (χ0v) is 8.16. The van der Waals surface area contributed by atoms with E-state index in [4.69, 9.17) is 9.84 Å². The fraction of sp³-hybridized carbons (Fsp3) is 0.714. The van der Waals surface area contributed by atoms with Gasteiger partial charge in [-0.3, -0.25) is 0 Å². The zero-order chi connectivity index (χ0) is 10.1. The minimum Gasteiger partial charge on any atom is -0.394 e. The van der Waals surface area contributed by atoms with Crippen LogP contribution in [0, 0.1) is 0 Å². The summed E-state index contributed by atoms with van der Waals surface area (Å²) in [5.41, 5.74) is 0. The van der Waals surface area contributed by atoms with Gasteiger partial charge in [-0.2, -0.15) is 5.10 Å². The van der Waals surface area contributed by atoms with Crippen LogP contribution in [0.2, 0.25) is 0 Å². The second-order valence-electron chi connectivity index (χ2n) is 3.10. The van der Waals surface area contributed by atoms with Crippen LogP contribution in [-0.2, 0) is 4.74 Å². The maximum Gasteiger partial charge on any atom is 0.179 e. The third-order valence-corrected chi connectivity index (χ3v) is 2.82. The number of aliphatic hydroxyl groups excluding tert-OH is 3. The number of rotatable bonds is 2. The molecule has 0 bridgehead atoms. The first-order chi connectivity index (χ1) is 6.74. The van der Waals surface area contributed by atoms with Gasteiger partial charge in [0.15, 0.2) is 6.23 Å². The Morgan fingerprint density at radius 1 is 1.43 bits per heavy atom. The van der Waals surface area contributed by atoms with Crippen LogP contribution in [0.5, 0.6) is 0 Å². The average Bonchev–Trinajstić information content (AvgIpc) is 2.78. The lowest BCUT2D eigenvalue weighted by atomic mass is 10.1. The highest BCUT2D eigenvalue weighted by Gasteiger charge is 2.43. The van der Waals surface area contributed by atoms with Gasteiger partial charge in [0, 0.05) is 0 Å². The standard InChI is InChI=1S/C7H11N2O4P/c10-1-4-5(11)6(12)7(13-4)9-3-14-2-8-9/h2-7,10-12H,1H2/t4-,5-,6-,7+/m1/s1. The summed E-state index contributed by atoms with van der Waals surface area (Å²) in [6, 6.07) is 0. The van der Waals surface area contributed by atoms with Gasteiger partial charge in [-0.1, -0.05) is 0 Å². The van der Waals surface area contributed by atoms with Gasteiger partial charge in [0.05, 0.1) is 18.5 Å². The molecule has 1 aromatic rings. The van der Waals surface area contributed by atoms with E-state index < -0.39 is 24.5 Å². The van der Waals surface area contributed by atoms with Crippen molar-refractivity contribution in [3.63, 3.8) is 0 Å². The van der Waals surface area contributed by atoms with Crippen molar-refractivity contribution in [3.05, 3.63) is 11.9 Å². The van der Waals surface area contributed by atoms with Crippen molar-refractivity contribution in [2.75, 3.05) is 6.61 Å². The molecular formula is C7H11N2O4P. The largest absolute Gasteiger partial charge is 0.394 e. The minimum atomic E-state index is -1.06. The van der Waals surface area contributed by atoms with E-state index in [0.29, 0.717) is 0 Å². The number of nitrogens with zero attached hydrogens (tertiary/aromatic N) is 2. The van der Waals surface area contributed by atoms with Crippen molar-refractivity contribution in [1.82, 2.24) is 9.78 Å². The molecule has 1 aliphatic heterocycles. The molecule has 0 amide bonds. The van der Waals surface area contributed by atoms with Crippen molar-refractivity contribution in [1.29, 1.82) is 0 Å². The summed E-state index contributed by atoms with van der Waals surface area (Å²) < 4.78 is 6.70. The highest BCUT2D eigenvalue weighted by Crippen LogP contribution is 2.29. The van der Waals surface area contributed by atoms with E-state index in [1.54, 1.807) is 11.9 Å². The Kier molecular flexibility index (Phi) is 2.80. The summed E-state index contributed by atoms with van der Waals surface area (Å²) in [5, 5.41) is 31.8. The molecule has 14 heavy (non-hydrogen) atoms. The molecule has 1 saturated heterocycles. The van der Waals surface area contributed by atoms with E-state index >= 15 is 0 Å². The van der Waals surface area contributed by atoms with Crippen LogP contribution >= 0.6 is 8.19 Å². The third-order valence-electron chi connectivity index (χ3n) is 2.21. The average molecular weight is 218 g/mol. The molecule has 0 saturated carbocycles. The van der Waals surface area contributed by atoms with Gasteiger partial charge < -0.3 is 20.1 Å². The van der Waals surface area contributed by atoms with Crippen LogP contribution in [0.25, 0.3) is 0 Å². The van der Waals surface area contributed by atoms with Gasteiger partial charge in [0.1, 0.15) is 18.3 Å². The van der Waals surface area contributed by atoms with Crippen LogP contribution in [0.4, 0.5) is 0 Å². The van der Waals surface area contributed by atoms with E-state index in [1.807, 2.05) is 0 Å². The van der Waals surface area contributed by atoms with Gasteiger partial charge in [0.2, 0.25) is 0 Å². The van der Waals surface area contributed by atoms with Crippen molar-refractivity contribution in [2.45, 2.75) is 24.5 Å². The van der Waals surface area contributed by atoms with Gasteiger partial charge in [0.25, 0.3) is 0 Å². The lowest BCUT2D eigenvalue weighted by Crippen LogP contribution is -2.33. The minimum absolute atomic E-state index is 0.315. The second kappa shape index (κ2) is 3.92. The fourth-order valence-electron chi connectivity index (χ4n) is 1.45. The maximum atomic E-state index is 9.59. The molecule has 0 unspecified atom stereocenters. The van der Waals surface area contributed by atoms with E-state index in [9.17, 15) is 10.2 Å². The third kappa shape index (κ3) is 1.55. The summed E-state index contributed by atoms with van der Waals surface area (Å²) in [6.07, 6.45) is -3.55.